The number of likely N-dealkylation sites (tertiary alicyclic amines) is 1. The number of thioether (sulfide) groups is 1. The molecule has 0 saturated carbocycles. The molecule has 1 N–H and O–H groups in total. The summed E-state index contributed by atoms with van der Waals surface area (Å²) < 4.78 is 6.27. The third kappa shape index (κ3) is 2.33. The summed E-state index contributed by atoms with van der Waals surface area (Å²) >= 11 is 2.11. The van der Waals surface area contributed by atoms with Gasteiger partial charge in [0.25, 0.3) is 0 Å². The summed E-state index contributed by atoms with van der Waals surface area (Å²) in [5, 5.41) is 3.58. The zero-order valence-corrected chi connectivity index (χ0v) is 13.5. The number of hydrogen-bond donors (Lipinski definition) is 1. The second-order valence-electron chi connectivity index (χ2n) is 7.31. The molecule has 0 radical (unpaired) electrons. The van der Waals surface area contributed by atoms with Crippen LogP contribution >= 0.6 is 11.8 Å². The van der Waals surface area contributed by atoms with E-state index in [1.165, 1.54) is 56.8 Å². The van der Waals surface area contributed by atoms with Gasteiger partial charge in [0.05, 0.1) is 5.60 Å². The molecule has 0 bridgehead atoms. The van der Waals surface area contributed by atoms with Crippen LogP contribution in [-0.2, 0) is 4.74 Å². The monoisotopic (exact) mass is 296 g/mol. The third-order valence-corrected chi connectivity index (χ3v) is 7.31. The van der Waals surface area contributed by atoms with Crippen LogP contribution in [0.25, 0.3) is 0 Å². The molecule has 4 saturated heterocycles. The van der Waals surface area contributed by atoms with E-state index in [9.17, 15) is 0 Å². The molecule has 0 aromatic carbocycles. The van der Waals surface area contributed by atoms with Crippen molar-refractivity contribution >= 4 is 11.8 Å². The van der Waals surface area contributed by atoms with Gasteiger partial charge in [-0.25, -0.2) is 0 Å². The van der Waals surface area contributed by atoms with E-state index in [2.05, 4.69) is 28.9 Å². The van der Waals surface area contributed by atoms with Crippen LogP contribution in [0, 0.1) is 11.8 Å². The third-order valence-electron chi connectivity index (χ3n) is 6.32. The van der Waals surface area contributed by atoms with Crippen molar-refractivity contribution in [3.05, 3.63) is 0 Å². The minimum absolute atomic E-state index is 0.240. The standard InChI is InChI=1S/C16H28N2OS/c1-12-15-10-17-9-13(15)11-18(12)14-2-5-19-16(8-14)3-6-20-7-4-16/h12-15,17H,2-11H2,1H3. The van der Waals surface area contributed by atoms with E-state index in [-0.39, 0.29) is 5.60 Å². The summed E-state index contributed by atoms with van der Waals surface area (Å²) in [4.78, 5) is 2.85. The van der Waals surface area contributed by atoms with Crippen molar-refractivity contribution < 1.29 is 4.74 Å². The quantitative estimate of drug-likeness (QED) is 0.799. The molecule has 1 spiro atoms. The van der Waals surface area contributed by atoms with Crippen LogP contribution in [0.3, 0.4) is 0 Å². The van der Waals surface area contributed by atoms with Crippen molar-refractivity contribution in [2.75, 3.05) is 37.7 Å². The minimum atomic E-state index is 0.240. The Morgan fingerprint density at radius 2 is 2.10 bits per heavy atom. The second-order valence-corrected chi connectivity index (χ2v) is 8.53. The van der Waals surface area contributed by atoms with Gasteiger partial charge in [-0.05, 0) is 69.0 Å². The van der Waals surface area contributed by atoms with Gasteiger partial charge in [0.15, 0.2) is 0 Å². The van der Waals surface area contributed by atoms with Crippen LogP contribution in [-0.4, -0.2) is 60.3 Å². The smallest absolute Gasteiger partial charge is 0.0713 e. The lowest BCUT2D eigenvalue weighted by atomic mass is 9.84. The van der Waals surface area contributed by atoms with Gasteiger partial charge in [0.1, 0.15) is 0 Å². The van der Waals surface area contributed by atoms with Crippen LogP contribution < -0.4 is 5.32 Å². The van der Waals surface area contributed by atoms with Gasteiger partial charge in [-0.1, -0.05) is 0 Å². The molecule has 4 atom stereocenters. The first-order chi connectivity index (χ1) is 9.77. The van der Waals surface area contributed by atoms with Crippen molar-refractivity contribution in [2.24, 2.45) is 11.8 Å². The summed E-state index contributed by atoms with van der Waals surface area (Å²) in [6.45, 7) is 7.28. The molecule has 0 aromatic heterocycles. The average molecular weight is 296 g/mol. The number of hydrogen-bond acceptors (Lipinski definition) is 4. The van der Waals surface area contributed by atoms with Gasteiger partial charge in [-0.2, -0.15) is 11.8 Å². The lowest BCUT2D eigenvalue weighted by molar-refractivity contribution is -0.112. The Kier molecular flexibility index (Phi) is 3.78. The molecule has 4 fully saturated rings. The Hall–Kier alpha value is 0.230. The van der Waals surface area contributed by atoms with Crippen molar-refractivity contribution in [3.63, 3.8) is 0 Å². The lowest BCUT2D eigenvalue weighted by Crippen LogP contribution is -2.52. The maximum atomic E-state index is 6.27. The summed E-state index contributed by atoms with van der Waals surface area (Å²) in [6, 6.07) is 1.56. The fourth-order valence-electron chi connectivity index (χ4n) is 5.06. The molecule has 4 aliphatic heterocycles. The molecule has 0 aliphatic carbocycles. The molecule has 4 unspecified atom stereocenters. The number of fused-ring (bicyclic) bond motifs is 1. The predicted molar refractivity (Wildman–Crippen MR) is 84.3 cm³/mol. The molecule has 114 valence electrons. The Morgan fingerprint density at radius 1 is 1.25 bits per heavy atom. The van der Waals surface area contributed by atoms with Crippen molar-refractivity contribution in [1.29, 1.82) is 0 Å². The molecule has 0 amide bonds. The van der Waals surface area contributed by atoms with E-state index in [0.29, 0.717) is 0 Å². The molecule has 4 rings (SSSR count). The number of nitrogens with zero attached hydrogens (tertiary/aromatic N) is 1. The second kappa shape index (κ2) is 5.45. The first kappa shape index (κ1) is 13.9. The highest BCUT2D eigenvalue weighted by molar-refractivity contribution is 7.99. The van der Waals surface area contributed by atoms with E-state index in [1.54, 1.807) is 0 Å². The molecule has 4 heteroatoms. The molecular weight excluding hydrogens is 268 g/mol. The van der Waals surface area contributed by atoms with Gasteiger partial charge in [0.2, 0.25) is 0 Å². The van der Waals surface area contributed by atoms with Gasteiger partial charge >= 0.3 is 0 Å². The molecule has 3 nitrogen and oxygen atoms in total. The topological polar surface area (TPSA) is 24.5 Å². The highest BCUT2D eigenvalue weighted by Gasteiger charge is 2.47. The molecule has 4 heterocycles. The lowest BCUT2D eigenvalue weighted by Gasteiger charge is -2.47. The predicted octanol–water partition coefficient (Wildman–Crippen LogP) is 1.97. The summed E-state index contributed by atoms with van der Waals surface area (Å²) in [5.74, 6) is 4.41. The van der Waals surface area contributed by atoms with E-state index >= 15 is 0 Å². The highest BCUT2D eigenvalue weighted by Crippen LogP contribution is 2.42. The first-order valence-corrected chi connectivity index (χ1v) is 9.61. The zero-order chi connectivity index (χ0) is 13.6. The SMILES string of the molecule is CC1C2CNCC2CN1C1CCOC2(CCSCC2)C1. The van der Waals surface area contributed by atoms with E-state index in [0.717, 1.165) is 30.5 Å². The van der Waals surface area contributed by atoms with Gasteiger partial charge < -0.3 is 10.1 Å². The maximum Gasteiger partial charge on any atom is 0.0713 e. The molecule has 4 aliphatic rings. The largest absolute Gasteiger partial charge is 0.375 e. The highest BCUT2D eigenvalue weighted by atomic mass is 32.2. The van der Waals surface area contributed by atoms with Gasteiger partial charge in [-0.3, -0.25) is 4.90 Å². The van der Waals surface area contributed by atoms with Crippen LogP contribution in [0.5, 0.6) is 0 Å². The first-order valence-electron chi connectivity index (χ1n) is 8.46. The van der Waals surface area contributed by atoms with E-state index < -0.39 is 0 Å². The minimum Gasteiger partial charge on any atom is -0.375 e. The van der Waals surface area contributed by atoms with Crippen LogP contribution in [0.1, 0.15) is 32.6 Å². The van der Waals surface area contributed by atoms with Crippen molar-refractivity contribution in [1.82, 2.24) is 10.2 Å². The number of rotatable bonds is 1. The number of nitrogens with one attached hydrogen (secondary N) is 1. The summed E-state index contributed by atoms with van der Waals surface area (Å²) in [5.41, 5.74) is 0.240. The van der Waals surface area contributed by atoms with Crippen molar-refractivity contribution in [2.45, 2.75) is 50.3 Å². The van der Waals surface area contributed by atoms with Gasteiger partial charge in [0, 0.05) is 25.2 Å². The summed E-state index contributed by atoms with van der Waals surface area (Å²) in [6.07, 6.45) is 5.12. The number of ether oxygens (including phenoxy) is 1. The van der Waals surface area contributed by atoms with Crippen LogP contribution in [0.15, 0.2) is 0 Å². The van der Waals surface area contributed by atoms with Crippen LogP contribution in [0.4, 0.5) is 0 Å². The van der Waals surface area contributed by atoms with Crippen molar-refractivity contribution in [3.8, 4) is 0 Å². The normalized spacial score (nSPS) is 44.9. The van der Waals surface area contributed by atoms with E-state index in [1.807, 2.05) is 0 Å². The van der Waals surface area contributed by atoms with E-state index in [4.69, 9.17) is 4.74 Å². The fourth-order valence-corrected chi connectivity index (χ4v) is 6.30. The molecule has 20 heavy (non-hydrogen) atoms. The Bertz CT molecular complexity index is 353. The summed E-state index contributed by atoms with van der Waals surface area (Å²) in [7, 11) is 0. The zero-order valence-electron chi connectivity index (χ0n) is 12.6. The maximum absolute atomic E-state index is 6.27. The molecular formula is C16H28N2OS. The Balaban J connectivity index is 1.46. The Labute approximate surface area is 127 Å². The Morgan fingerprint density at radius 3 is 2.90 bits per heavy atom. The fraction of sp³-hybridized carbons (Fsp3) is 1.00. The molecule has 0 aromatic rings. The van der Waals surface area contributed by atoms with Crippen LogP contribution in [0.2, 0.25) is 0 Å². The average Bonchev–Trinajstić information content (AvgIpc) is 3.03. The van der Waals surface area contributed by atoms with Gasteiger partial charge in [-0.15, -0.1) is 0 Å².